The Balaban J connectivity index is 1.11. The number of nitrogens with zero attached hydrogens (tertiary/aromatic N) is 6. The Morgan fingerprint density at radius 3 is 0.946 bits per heavy atom. The van der Waals surface area contributed by atoms with Crippen LogP contribution in [-0.2, 0) is 0 Å². The molecule has 6 heteroatoms. The SMILES string of the molecule is Cc1ccc2c(c1)c1cc(C)ccc1n2-c1cc(-c2ccc3c(c2)c2cnccc2n3-c2ccccc2)c(-c2ccc3c(c2)c2cnccc2n3-c2ccccc2)cc1-n1c2ccc(C)cc2c2cc(C)ccc21. The van der Waals surface area contributed by atoms with Gasteiger partial charge in [0.05, 0.1) is 55.5 Å². The maximum Gasteiger partial charge on any atom is 0.0709 e. The van der Waals surface area contributed by atoms with E-state index in [1.165, 1.54) is 65.9 Å². The maximum absolute atomic E-state index is 4.71. The van der Waals surface area contributed by atoms with Crippen molar-refractivity contribution in [3.05, 3.63) is 241 Å². The van der Waals surface area contributed by atoms with Gasteiger partial charge < -0.3 is 18.3 Å². The van der Waals surface area contributed by atoms with E-state index < -0.39 is 0 Å². The largest absolute Gasteiger partial charge is 0.309 e. The predicted molar refractivity (Wildman–Crippen MR) is 309 cm³/mol. The van der Waals surface area contributed by atoms with Gasteiger partial charge in [0.2, 0.25) is 0 Å². The summed E-state index contributed by atoms with van der Waals surface area (Å²) in [4.78, 5) is 9.41. The number of rotatable bonds is 6. The summed E-state index contributed by atoms with van der Waals surface area (Å²) >= 11 is 0. The van der Waals surface area contributed by atoms with Crippen LogP contribution in [-0.4, -0.2) is 28.2 Å². The number of aromatic nitrogens is 6. The van der Waals surface area contributed by atoms with Gasteiger partial charge in [0.15, 0.2) is 0 Å². The van der Waals surface area contributed by atoms with E-state index in [0.717, 1.165) is 88.6 Å². The van der Waals surface area contributed by atoms with Crippen molar-refractivity contribution in [1.82, 2.24) is 28.2 Å². The van der Waals surface area contributed by atoms with Crippen molar-refractivity contribution in [2.75, 3.05) is 0 Å². The average molecular weight is 949 g/mol. The van der Waals surface area contributed by atoms with Gasteiger partial charge in [-0.05, 0) is 171 Å². The quantitative estimate of drug-likeness (QED) is 0.167. The highest BCUT2D eigenvalue weighted by Crippen LogP contribution is 2.46. The summed E-state index contributed by atoms with van der Waals surface area (Å²) in [7, 11) is 0. The lowest BCUT2D eigenvalue weighted by molar-refractivity contribution is 1.09. The Labute approximate surface area is 427 Å². The van der Waals surface area contributed by atoms with Crippen LogP contribution in [0.2, 0.25) is 0 Å². The molecule has 0 spiro atoms. The summed E-state index contributed by atoms with van der Waals surface area (Å²) in [5, 5.41) is 9.48. The first-order valence-electron chi connectivity index (χ1n) is 25.4. The minimum Gasteiger partial charge on any atom is -0.309 e. The zero-order chi connectivity index (χ0) is 49.3. The third kappa shape index (κ3) is 6.24. The fourth-order valence-electron chi connectivity index (χ4n) is 12.2. The molecule has 15 rings (SSSR count). The molecule has 15 aromatic rings. The van der Waals surface area contributed by atoms with Crippen molar-refractivity contribution in [2.45, 2.75) is 27.7 Å². The van der Waals surface area contributed by atoms with Crippen LogP contribution < -0.4 is 0 Å². The van der Waals surface area contributed by atoms with Gasteiger partial charge in [-0.15, -0.1) is 0 Å². The third-order valence-corrected chi connectivity index (χ3v) is 15.5. The summed E-state index contributed by atoms with van der Waals surface area (Å²) < 4.78 is 9.78. The van der Waals surface area contributed by atoms with Crippen LogP contribution in [0.5, 0.6) is 0 Å². The number of pyridine rings is 2. The number of benzene rings is 9. The van der Waals surface area contributed by atoms with E-state index in [4.69, 9.17) is 9.97 Å². The lowest BCUT2D eigenvalue weighted by atomic mass is 9.91. The molecule has 0 aliphatic heterocycles. The molecule has 74 heavy (non-hydrogen) atoms. The highest BCUT2D eigenvalue weighted by atomic mass is 15.1. The number of fused-ring (bicyclic) bond motifs is 12. The Morgan fingerprint density at radius 2 is 0.581 bits per heavy atom. The van der Waals surface area contributed by atoms with Gasteiger partial charge >= 0.3 is 0 Å². The molecule has 6 heterocycles. The van der Waals surface area contributed by atoms with Crippen LogP contribution in [0.15, 0.2) is 219 Å². The average Bonchev–Trinajstić information content (AvgIpc) is 4.19. The summed E-state index contributed by atoms with van der Waals surface area (Å²) in [6, 6.07) is 72.3. The van der Waals surface area contributed by atoms with E-state index in [-0.39, 0.29) is 0 Å². The zero-order valence-electron chi connectivity index (χ0n) is 41.5. The number of para-hydroxylation sites is 2. The molecular formula is C68H48N6. The standard InChI is InChI=1S/C68H48N6/c1-41-15-21-61-51(31-41)52-32-42(2)16-22-62(52)73(61)67-37-49(45-19-25-59-55(35-45)57-39-69-29-27-65(57)71(59)47-11-7-5-8-12-47)50(38-68(67)74-63-23-17-43(3)33-53(63)54-34-44(4)18-24-64(54)74)46-20-26-60-56(36-46)58-40-70-30-28-66(58)72(60)48-13-9-6-10-14-48/h5-40H,1-4H3. The normalized spacial score (nSPS) is 12.1. The van der Waals surface area contributed by atoms with Crippen molar-refractivity contribution < 1.29 is 0 Å². The topological polar surface area (TPSA) is 45.5 Å². The second kappa shape index (κ2) is 16.0. The van der Waals surface area contributed by atoms with Crippen molar-refractivity contribution in [2.24, 2.45) is 0 Å². The second-order valence-corrected chi connectivity index (χ2v) is 20.2. The minimum absolute atomic E-state index is 1.09. The molecule has 0 unspecified atom stereocenters. The van der Waals surface area contributed by atoms with Gasteiger partial charge in [-0.2, -0.15) is 0 Å². The van der Waals surface area contributed by atoms with Crippen molar-refractivity contribution in [3.8, 4) is 45.0 Å². The van der Waals surface area contributed by atoms with Gasteiger partial charge in [0.25, 0.3) is 0 Å². The molecule has 0 fully saturated rings. The Hall–Kier alpha value is -9.52. The molecular weight excluding hydrogens is 901 g/mol. The Morgan fingerprint density at radius 1 is 0.270 bits per heavy atom. The lowest BCUT2D eigenvalue weighted by Gasteiger charge is -2.22. The first-order valence-corrected chi connectivity index (χ1v) is 25.4. The summed E-state index contributed by atoms with van der Waals surface area (Å²) in [6.45, 7) is 8.79. The van der Waals surface area contributed by atoms with Crippen LogP contribution in [0.1, 0.15) is 22.3 Å². The summed E-state index contributed by atoms with van der Waals surface area (Å²) in [5.41, 5.74) is 23.0. The molecule has 0 bridgehead atoms. The highest BCUT2D eigenvalue weighted by molar-refractivity contribution is 6.15. The van der Waals surface area contributed by atoms with Crippen LogP contribution in [0.25, 0.3) is 132 Å². The van der Waals surface area contributed by atoms with Gasteiger partial charge in [0.1, 0.15) is 0 Å². The number of aryl methyl sites for hydroxylation is 4. The predicted octanol–water partition coefficient (Wildman–Crippen LogP) is 17.4. The van der Waals surface area contributed by atoms with Crippen molar-refractivity contribution >= 4 is 87.2 Å². The smallest absolute Gasteiger partial charge is 0.0709 e. The molecule has 0 N–H and O–H groups in total. The van der Waals surface area contributed by atoms with E-state index in [0.29, 0.717) is 0 Å². The molecule has 6 aromatic heterocycles. The fraction of sp³-hybridized carbons (Fsp3) is 0.0588. The first kappa shape index (κ1) is 42.2. The van der Waals surface area contributed by atoms with E-state index in [2.05, 4.69) is 240 Å². The third-order valence-electron chi connectivity index (χ3n) is 15.5. The lowest BCUT2D eigenvalue weighted by Crippen LogP contribution is -2.05. The maximum atomic E-state index is 4.71. The summed E-state index contributed by atoms with van der Waals surface area (Å²) in [5.74, 6) is 0. The molecule has 0 atom stereocenters. The Bertz CT molecular complexity index is 4390. The molecule has 0 aliphatic carbocycles. The molecule has 0 radical (unpaired) electrons. The van der Waals surface area contributed by atoms with Crippen LogP contribution in [0.4, 0.5) is 0 Å². The second-order valence-electron chi connectivity index (χ2n) is 20.2. The number of hydrogen-bond donors (Lipinski definition) is 0. The van der Waals surface area contributed by atoms with Crippen LogP contribution >= 0.6 is 0 Å². The van der Waals surface area contributed by atoms with Gasteiger partial charge in [-0.1, -0.05) is 95.1 Å². The molecule has 350 valence electrons. The van der Waals surface area contributed by atoms with Gasteiger partial charge in [-0.3, -0.25) is 9.97 Å². The van der Waals surface area contributed by atoms with Crippen LogP contribution in [0, 0.1) is 27.7 Å². The van der Waals surface area contributed by atoms with E-state index in [1.807, 2.05) is 24.8 Å². The van der Waals surface area contributed by atoms with Gasteiger partial charge in [0, 0.05) is 79.3 Å². The van der Waals surface area contributed by atoms with Gasteiger partial charge in [-0.25, -0.2) is 0 Å². The van der Waals surface area contributed by atoms with E-state index in [9.17, 15) is 0 Å². The van der Waals surface area contributed by atoms with Crippen molar-refractivity contribution in [1.29, 1.82) is 0 Å². The fourth-order valence-corrected chi connectivity index (χ4v) is 12.2. The van der Waals surface area contributed by atoms with Crippen LogP contribution in [0.3, 0.4) is 0 Å². The first-order chi connectivity index (χ1) is 36.3. The van der Waals surface area contributed by atoms with E-state index in [1.54, 1.807) is 0 Å². The molecule has 9 aromatic carbocycles. The molecule has 0 saturated carbocycles. The molecule has 6 nitrogen and oxygen atoms in total. The number of hydrogen-bond acceptors (Lipinski definition) is 2. The van der Waals surface area contributed by atoms with E-state index >= 15 is 0 Å². The molecule has 0 saturated heterocycles. The molecule has 0 amide bonds. The summed E-state index contributed by atoms with van der Waals surface area (Å²) in [6.07, 6.45) is 7.84. The highest BCUT2D eigenvalue weighted by Gasteiger charge is 2.25. The minimum atomic E-state index is 1.09. The molecule has 0 aliphatic rings. The Kier molecular flexibility index (Phi) is 9.12. The zero-order valence-corrected chi connectivity index (χ0v) is 41.5. The monoisotopic (exact) mass is 948 g/mol. The van der Waals surface area contributed by atoms with Crippen molar-refractivity contribution in [3.63, 3.8) is 0 Å².